The number of aromatic nitrogens is 4. The summed E-state index contributed by atoms with van der Waals surface area (Å²) in [4.78, 5) is 8.50. The van der Waals surface area contributed by atoms with Gasteiger partial charge in [-0.05, 0) is 49.2 Å². The Morgan fingerprint density at radius 2 is 1.68 bits per heavy atom. The van der Waals surface area contributed by atoms with E-state index in [1.54, 1.807) is 12.1 Å². The van der Waals surface area contributed by atoms with E-state index in [0.717, 1.165) is 84.9 Å². The Labute approximate surface area is 218 Å². The van der Waals surface area contributed by atoms with Crippen LogP contribution in [0, 0.1) is 6.92 Å². The largest absolute Gasteiger partial charge is 0.483 e. The molecule has 4 heterocycles. The van der Waals surface area contributed by atoms with Crippen molar-refractivity contribution >= 4 is 29.0 Å². The van der Waals surface area contributed by atoms with E-state index in [4.69, 9.17) is 4.74 Å². The highest BCUT2D eigenvalue weighted by atomic mass is 35.5. The van der Waals surface area contributed by atoms with Gasteiger partial charge in [-0.2, -0.15) is 13.2 Å². The third-order valence-corrected chi connectivity index (χ3v) is 6.96. The van der Waals surface area contributed by atoms with Gasteiger partial charge in [-0.1, -0.05) is 18.2 Å². The Hall–Kier alpha value is -3.37. The van der Waals surface area contributed by atoms with Crippen LogP contribution >= 0.6 is 12.4 Å². The van der Waals surface area contributed by atoms with Crippen molar-refractivity contribution in [1.82, 2.24) is 24.6 Å². The molecule has 6 rings (SSSR count). The van der Waals surface area contributed by atoms with Crippen LogP contribution in [0.3, 0.4) is 0 Å². The molecule has 2 aliphatic heterocycles. The molecule has 2 aromatic carbocycles. The number of rotatable bonds is 4. The summed E-state index contributed by atoms with van der Waals surface area (Å²) in [5.74, 6) is 2.56. The number of ether oxygens (including phenoxy) is 1. The zero-order chi connectivity index (χ0) is 24.9. The van der Waals surface area contributed by atoms with E-state index < -0.39 is 11.9 Å². The minimum absolute atomic E-state index is 0. The predicted molar refractivity (Wildman–Crippen MR) is 137 cm³/mol. The third-order valence-electron chi connectivity index (χ3n) is 6.96. The first-order chi connectivity index (χ1) is 17.4. The van der Waals surface area contributed by atoms with Crippen molar-refractivity contribution in [1.29, 1.82) is 0 Å². The molecule has 37 heavy (non-hydrogen) atoms. The SMILES string of the molecule is Cc1nnc2n1-c1cccc(CCN3CCN(c4cccc5nc(C(F)(F)F)ccc45)CC3)c1OC2.Cl. The van der Waals surface area contributed by atoms with E-state index in [9.17, 15) is 13.2 Å². The smallest absolute Gasteiger partial charge is 0.433 e. The van der Waals surface area contributed by atoms with Crippen molar-refractivity contribution in [2.24, 2.45) is 0 Å². The fourth-order valence-electron chi connectivity index (χ4n) is 5.12. The van der Waals surface area contributed by atoms with Crippen molar-refractivity contribution < 1.29 is 17.9 Å². The van der Waals surface area contributed by atoms with Crippen molar-refractivity contribution in [3.05, 3.63) is 71.4 Å². The van der Waals surface area contributed by atoms with E-state index in [1.165, 1.54) is 6.07 Å². The number of piperazine rings is 1. The standard InChI is InChI=1S/C26H25F3N6O.ClH/c1-17-31-32-24-16-36-25-18(4-2-7-22(25)35(17)24)10-11-33-12-14-34(15-13-33)21-6-3-5-20-19(21)8-9-23(30-20)26(27,28)29;/h2-9H,10-16H2,1H3;1H. The second-order valence-corrected chi connectivity index (χ2v) is 9.17. The molecule has 11 heteroatoms. The first-order valence-electron chi connectivity index (χ1n) is 12.0. The highest BCUT2D eigenvalue weighted by molar-refractivity contribution is 5.92. The maximum atomic E-state index is 13.1. The number of alkyl halides is 3. The van der Waals surface area contributed by atoms with Gasteiger partial charge in [0.25, 0.3) is 0 Å². The average Bonchev–Trinajstić information content (AvgIpc) is 3.27. The normalized spacial score (nSPS) is 15.6. The summed E-state index contributed by atoms with van der Waals surface area (Å²) in [5.41, 5.74) is 2.58. The topological polar surface area (TPSA) is 59.3 Å². The lowest BCUT2D eigenvalue weighted by Crippen LogP contribution is -2.47. The summed E-state index contributed by atoms with van der Waals surface area (Å²) >= 11 is 0. The zero-order valence-electron chi connectivity index (χ0n) is 20.2. The maximum absolute atomic E-state index is 13.1. The number of para-hydroxylation sites is 1. The molecule has 0 N–H and O–H groups in total. The lowest BCUT2D eigenvalue weighted by molar-refractivity contribution is -0.140. The highest BCUT2D eigenvalue weighted by Gasteiger charge is 2.32. The summed E-state index contributed by atoms with van der Waals surface area (Å²) < 4.78 is 47.3. The fourth-order valence-corrected chi connectivity index (χ4v) is 5.12. The summed E-state index contributed by atoms with van der Waals surface area (Å²) in [6.45, 7) is 6.59. The number of benzene rings is 2. The molecule has 7 nitrogen and oxygen atoms in total. The van der Waals surface area contributed by atoms with E-state index in [0.29, 0.717) is 12.1 Å². The van der Waals surface area contributed by atoms with Gasteiger partial charge in [-0.15, -0.1) is 22.6 Å². The summed E-state index contributed by atoms with van der Waals surface area (Å²) in [6, 6.07) is 14.2. The molecule has 2 aromatic heterocycles. The maximum Gasteiger partial charge on any atom is 0.433 e. The minimum Gasteiger partial charge on any atom is -0.483 e. The monoisotopic (exact) mass is 530 g/mol. The molecule has 0 radical (unpaired) electrons. The highest BCUT2D eigenvalue weighted by Crippen LogP contribution is 2.35. The molecule has 0 saturated carbocycles. The number of hydrogen-bond donors (Lipinski definition) is 0. The van der Waals surface area contributed by atoms with Gasteiger partial charge in [0.05, 0.1) is 11.2 Å². The molecule has 0 atom stereocenters. The quantitative estimate of drug-likeness (QED) is 0.377. The van der Waals surface area contributed by atoms with Crippen LogP contribution in [0.4, 0.5) is 18.9 Å². The number of aryl methyl sites for hydroxylation is 1. The zero-order valence-corrected chi connectivity index (χ0v) is 21.0. The molecule has 1 fully saturated rings. The third kappa shape index (κ3) is 4.71. The molecule has 0 spiro atoms. The lowest BCUT2D eigenvalue weighted by Gasteiger charge is -2.36. The molecule has 1 saturated heterocycles. The lowest BCUT2D eigenvalue weighted by atomic mass is 10.1. The van der Waals surface area contributed by atoms with Crippen molar-refractivity contribution in [3.8, 4) is 11.4 Å². The van der Waals surface area contributed by atoms with Crippen molar-refractivity contribution in [2.45, 2.75) is 26.1 Å². The van der Waals surface area contributed by atoms with Crippen LogP contribution in [0.2, 0.25) is 0 Å². The molecule has 4 aromatic rings. The van der Waals surface area contributed by atoms with E-state index in [-0.39, 0.29) is 12.4 Å². The van der Waals surface area contributed by atoms with E-state index >= 15 is 0 Å². The predicted octanol–water partition coefficient (Wildman–Crippen LogP) is 4.82. The van der Waals surface area contributed by atoms with Crippen LogP contribution in [0.5, 0.6) is 5.75 Å². The van der Waals surface area contributed by atoms with Gasteiger partial charge in [0.1, 0.15) is 23.9 Å². The second kappa shape index (κ2) is 9.83. The van der Waals surface area contributed by atoms with Crippen LogP contribution in [-0.4, -0.2) is 57.4 Å². The van der Waals surface area contributed by atoms with Gasteiger partial charge in [0.2, 0.25) is 0 Å². The van der Waals surface area contributed by atoms with Gasteiger partial charge in [0.15, 0.2) is 5.82 Å². The van der Waals surface area contributed by atoms with Crippen molar-refractivity contribution in [3.63, 3.8) is 0 Å². The molecule has 0 bridgehead atoms. The molecule has 194 valence electrons. The van der Waals surface area contributed by atoms with Crippen molar-refractivity contribution in [2.75, 3.05) is 37.6 Å². The van der Waals surface area contributed by atoms with E-state index in [2.05, 4.69) is 35.6 Å². The van der Waals surface area contributed by atoms with Crippen LogP contribution in [0.15, 0.2) is 48.5 Å². The van der Waals surface area contributed by atoms with Gasteiger partial charge in [0, 0.05) is 43.8 Å². The Balaban J connectivity index is 0.00000280. The van der Waals surface area contributed by atoms with Crippen LogP contribution in [-0.2, 0) is 19.2 Å². The van der Waals surface area contributed by atoms with Gasteiger partial charge in [-0.3, -0.25) is 9.47 Å². The van der Waals surface area contributed by atoms with E-state index in [1.807, 2.05) is 25.1 Å². The Bertz CT molecular complexity index is 1430. The number of hydrogen-bond acceptors (Lipinski definition) is 6. The first kappa shape index (κ1) is 25.3. The second-order valence-electron chi connectivity index (χ2n) is 9.17. The number of fused-ring (bicyclic) bond motifs is 4. The molecule has 0 aliphatic carbocycles. The van der Waals surface area contributed by atoms with Gasteiger partial charge in [-0.25, -0.2) is 4.98 Å². The summed E-state index contributed by atoms with van der Waals surface area (Å²) in [7, 11) is 0. The molecule has 2 aliphatic rings. The molecular formula is C26H26ClF3N6O. The Morgan fingerprint density at radius 3 is 2.46 bits per heavy atom. The molecule has 0 amide bonds. The van der Waals surface area contributed by atoms with Crippen LogP contribution in [0.1, 0.15) is 22.9 Å². The molecule has 0 unspecified atom stereocenters. The number of anilines is 1. The van der Waals surface area contributed by atoms with Gasteiger partial charge < -0.3 is 9.64 Å². The number of pyridine rings is 1. The number of halogens is 4. The average molecular weight is 531 g/mol. The summed E-state index contributed by atoms with van der Waals surface area (Å²) in [5, 5.41) is 9.12. The number of nitrogens with zero attached hydrogens (tertiary/aromatic N) is 6. The Kier molecular flexibility index (Phi) is 6.72. The minimum atomic E-state index is -4.45. The first-order valence-corrected chi connectivity index (χ1v) is 12.0. The molecular weight excluding hydrogens is 505 g/mol. The van der Waals surface area contributed by atoms with Crippen LogP contribution < -0.4 is 9.64 Å². The van der Waals surface area contributed by atoms with Crippen LogP contribution in [0.25, 0.3) is 16.6 Å². The Morgan fingerprint density at radius 1 is 0.919 bits per heavy atom. The fraction of sp³-hybridized carbons (Fsp3) is 0.346. The summed E-state index contributed by atoms with van der Waals surface area (Å²) in [6.07, 6.45) is -3.59. The van der Waals surface area contributed by atoms with Gasteiger partial charge >= 0.3 is 6.18 Å².